The van der Waals surface area contributed by atoms with E-state index >= 15 is 0 Å². The van der Waals surface area contributed by atoms with Crippen LogP contribution in [0.4, 0.5) is 8.78 Å². The van der Waals surface area contributed by atoms with Crippen LogP contribution in [0.25, 0.3) is 0 Å². The van der Waals surface area contributed by atoms with Gasteiger partial charge in [0.2, 0.25) is 0 Å². The molecule has 6 nitrogen and oxygen atoms in total. The molecule has 3 unspecified atom stereocenters. The van der Waals surface area contributed by atoms with Crippen LogP contribution >= 0.6 is 0 Å². The van der Waals surface area contributed by atoms with Crippen molar-refractivity contribution in [2.45, 2.75) is 43.8 Å². The first-order valence-corrected chi connectivity index (χ1v) is 10.3. The van der Waals surface area contributed by atoms with Crippen LogP contribution in [0.15, 0.2) is 35.5 Å². The molecule has 1 aliphatic heterocycles. The molecule has 3 atom stereocenters. The third kappa shape index (κ3) is 4.21. The molecule has 31 heavy (non-hydrogen) atoms. The number of halogens is 2. The predicted octanol–water partition coefficient (Wildman–Crippen LogP) is 4.24. The topological polar surface area (TPSA) is 62.2 Å². The highest BCUT2D eigenvalue weighted by Gasteiger charge is 2.39. The van der Waals surface area contributed by atoms with Gasteiger partial charge in [0.05, 0.1) is 32.1 Å². The van der Waals surface area contributed by atoms with E-state index < -0.39 is 13.0 Å². The number of methoxy groups -OCH3 is 3. The van der Waals surface area contributed by atoms with Gasteiger partial charge in [0.15, 0.2) is 5.75 Å². The number of ether oxygens (including phenoxy) is 4. The van der Waals surface area contributed by atoms with Crippen LogP contribution in [-0.2, 0) is 4.74 Å². The number of aliphatic imine (C=N–C) groups is 1. The van der Waals surface area contributed by atoms with Gasteiger partial charge in [-0.05, 0) is 42.7 Å². The van der Waals surface area contributed by atoms with Gasteiger partial charge in [0.25, 0.3) is 12.3 Å². The average molecular weight is 432 g/mol. The smallest absolute Gasteiger partial charge is 0.272 e. The van der Waals surface area contributed by atoms with Gasteiger partial charge in [-0.15, -0.1) is 0 Å². The maximum atomic E-state index is 12.7. The summed E-state index contributed by atoms with van der Waals surface area (Å²) < 4.78 is 47.0. The lowest BCUT2D eigenvalue weighted by Gasteiger charge is -2.39. The van der Waals surface area contributed by atoms with Crippen molar-refractivity contribution in [3.8, 4) is 17.4 Å². The molecular weight excluding hydrogens is 406 g/mol. The number of hydrogen-bond donors (Lipinski definition) is 0. The molecule has 1 aromatic heterocycles. The summed E-state index contributed by atoms with van der Waals surface area (Å²) in [6, 6.07) is 7.25. The number of nitrogens with zero attached hydrogens (tertiary/aromatic N) is 2. The van der Waals surface area contributed by atoms with Gasteiger partial charge >= 0.3 is 0 Å². The molecule has 2 aliphatic rings. The van der Waals surface area contributed by atoms with Crippen molar-refractivity contribution in [2.24, 2.45) is 4.99 Å². The van der Waals surface area contributed by atoms with Crippen molar-refractivity contribution in [3.05, 3.63) is 47.2 Å². The highest BCUT2D eigenvalue weighted by molar-refractivity contribution is 6.14. The molecule has 8 heteroatoms. The summed E-state index contributed by atoms with van der Waals surface area (Å²) in [5.41, 5.74) is 3.54. The standard InChI is InChI=1S/C23H26F2N2O4/c1-28-18-6-4-5-15-17-10-14(31-12-20(24)25)7-8-16(17)21(27-22(15)18)13-9-19(29-2)23(30-3)26-11-13/h7-11,15,18,20,22H,4-6,12H2,1-3H3. The first kappa shape index (κ1) is 21.5. The Morgan fingerprint density at radius 2 is 1.94 bits per heavy atom. The number of benzene rings is 1. The van der Waals surface area contributed by atoms with E-state index in [1.807, 2.05) is 18.2 Å². The van der Waals surface area contributed by atoms with Crippen LogP contribution in [0.5, 0.6) is 17.4 Å². The van der Waals surface area contributed by atoms with Crippen LogP contribution in [0.1, 0.15) is 41.9 Å². The molecule has 2 aromatic rings. The third-order valence-corrected chi connectivity index (χ3v) is 5.94. The van der Waals surface area contributed by atoms with E-state index in [0.29, 0.717) is 17.4 Å². The Hall–Kier alpha value is -2.74. The average Bonchev–Trinajstić information content (AvgIpc) is 2.81. The second-order valence-electron chi connectivity index (χ2n) is 7.67. The first-order chi connectivity index (χ1) is 15.0. The first-order valence-electron chi connectivity index (χ1n) is 10.3. The summed E-state index contributed by atoms with van der Waals surface area (Å²) in [5, 5.41) is 0. The summed E-state index contributed by atoms with van der Waals surface area (Å²) in [6.45, 7) is -0.631. The van der Waals surface area contributed by atoms with E-state index in [0.717, 1.165) is 41.7 Å². The highest BCUT2D eigenvalue weighted by atomic mass is 19.3. The second kappa shape index (κ2) is 9.18. The maximum absolute atomic E-state index is 12.7. The van der Waals surface area contributed by atoms with Crippen LogP contribution in [0.3, 0.4) is 0 Å². The Labute approximate surface area is 180 Å². The lowest BCUT2D eigenvalue weighted by atomic mass is 9.74. The van der Waals surface area contributed by atoms with Crippen LogP contribution in [0, 0.1) is 0 Å². The van der Waals surface area contributed by atoms with Crippen molar-refractivity contribution in [1.82, 2.24) is 4.98 Å². The van der Waals surface area contributed by atoms with Crippen LogP contribution in [-0.4, -0.2) is 57.2 Å². The van der Waals surface area contributed by atoms with Gasteiger partial charge in [0, 0.05) is 30.4 Å². The number of pyridine rings is 1. The van der Waals surface area contributed by atoms with Crippen molar-refractivity contribution < 1.29 is 27.7 Å². The zero-order valence-corrected chi connectivity index (χ0v) is 17.8. The van der Waals surface area contributed by atoms with Gasteiger partial charge in [-0.2, -0.15) is 0 Å². The molecular formula is C23H26F2N2O4. The minimum atomic E-state index is -2.52. The van der Waals surface area contributed by atoms with E-state index in [1.54, 1.807) is 26.5 Å². The molecule has 0 N–H and O–H groups in total. The summed E-state index contributed by atoms with van der Waals surface area (Å²) in [6.07, 6.45) is 2.07. The quantitative estimate of drug-likeness (QED) is 0.655. The van der Waals surface area contributed by atoms with Gasteiger partial charge in [-0.3, -0.25) is 4.99 Å². The van der Waals surface area contributed by atoms with E-state index in [2.05, 4.69) is 4.98 Å². The zero-order chi connectivity index (χ0) is 22.0. The SMILES string of the molecule is COc1cc(C2=NC3C(OC)CCCC3c3cc(OCC(F)F)ccc32)cnc1OC. The van der Waals surface area contributed by atoms with Gasteiger partial charge in [-0.1, -0.05) is 6.42 Å². The summed E-state index contributed by atoms with van der Waals surface area (Å²) in [5.74, 6) is 1.48. The van der Waals surface area contributed by atoms with E-state index in [9.17, 15) is 8.78 Å². The number of alkyl halides is 2. The molecule has 1 fully saturated rings. The number of hydrogen-bond acceptors (Lipinski definition) is 6. The predicted molar refractivity (Wildman–Crippen MR) is 112 cm³/mol. The van der Waals surface area contributed by atoms with Crippen molar-refractivity contribution in [1.29, 1.82) is 0 Å². The maximum Gasteiger partial charge on any atom is 0.272 e. The lowest BCUT2D eigenvalue weighted by Crippen LogP contribution is -2.40. The molecule has 4 rings (SSSR count). The van der Waals surface area contributed by atoms with Crippen molar-refractivity contribution in [2.75, 3.05) is 27.9 Å². The normalized spacial score (nSPS) is 22.4. The summed E-state index contributed by atoms with van der Waals surface area (Å²) >= 11 is 0. The molecule has 1 aromatic carbocycles. The van der Waals surface area contributed by atoms with E-state index in [-0.39, 0.29) is 18.1 Å². The largest absolute Gasteiger partial charge is 0.491 e. The number of aromatic nitrogens is 1. The zero-order valence-electron chi connectivity index (χ0n) is 17.8. The molecule has 0 radical (unpaired) electrons. The Bertz CT molecular complexity index is 967. The van der Waals surface area contributed by atoms with Gasteiger partial charge in [0.1, 0.15) is 12.4 Å². The van der Waals surface area contributed by atoms with Gasteiger partial charge in [-0.25, -0.2) is 13.8 Å². The molecule has 166 valence electrons. The Morgan fingerprint density at radius 3 is 2.65 bits per heavy atom. The summed E-state index contributed by atoms with van der Waals surface area (Å²) in [4.78, 5) is 9.46. The number of fused-ring (bicyclic) bond motifs is 3. The molecule has 0 amide bonds. The lowest BCUT2D eigenvalue weighted by molar-refractivity contribution is 0.0460. The third-order valence-electron chi connectivity index (χ3n) is 5.94. The molecule has 1 saturated carbocycles. The van der Waals surface area contributed by atoms with E-state index in [4.69, 9.17) is 23.9 Å². The molecule has 0 saturated heterocycles. The molecule has 0 spiro atoms. The van der Waals surface area contributed by atoms with Crippen molar-refractivity contribution in [3.63, 3.8) is 0 Å². The Balaban J connectivity index is 1.81. The molecule has 0 bridgehead atoms. The second-order valence-corrected chi connectivity index (χ2v) is 7.67. The Kier molecular flexibility index (Phi) is 6.36. The number of rotatable bonds is 7. The fourth-order valence-corrected chi connectivity index (χ4v) is 4.53. The molecule has 1 aliphatic carbocycles. The monoisotopic (exact) mass is 432 g/mol. The van der Waals surface area contributed by atoms with Crippen molar-refractivity contribution >= 4 is 5.71 Å². The van der Waals surface area contributed by atoms with Crippen LogP contribution < -0.4 is 14.2 Å². The van der Waals surface area contributed by atoms with E-state index in [1.165, 1.54) is 7.11 Å². The molecule has 2 heterocycles. The Morgan fingerprint density at radius 1 is 1.10 bits per heavy atom. The minimum Gasteiger partial charge on any atom is -0.491 e. The fraction of sp³-hybridized carbons (Fsp3) is 0.478. The minimum absolute atomic E-state index is 0.0133. The van der Waals surface area contributed by atoms with Crippen LogP contribution in [0.2, 0.25) is 0 Å². The van der Waals surface area contributed by atoms with Gasteiger partial charge < -0.3 is 18.9 Å². The fourth-order valence-electron chi connectivity index (χ4n) is 4.53. The highest BCUT2D eigenvalue weighted by Crippen LogP contribution is 2.43. The summed E-state index contributed by atoms with van der Waals surface area (Å²) in [7, 11) is 4.80.